The number of carbonyl (C=O) groups excluding carboxylic acids is 2. The number of phenols is 1. The number of Topliss-reactive ketones (excluding diaryl/α,β-unsaturated/α-hetero) is 1. The second-order valence-electron chi connectivity index (χ2n) is 7.28. The molecule has 0 bridgehead atoms. The van der Waals surface area contributed by atoms with Gasteiger partial charge in [-0.15, -0.1) is 0 Å². The van der Waals surface area contributed by atoms with E-state index < -0.39 is 29.3 Å². The molecule has 1 heterocycles. The van der Waals surface area contributed by atoms with E-state index in [4.69, 9.17) is 9.47 Å². The predicted octanol–water partition coefficient (Wildman–Crippen LogP) is 4.17. The van der Waals surface area contributed by atoms with Crippen LogP contribution in [0.1, 0.15) is 17.2 Å². The van der Waals surface area contributed by atoms with E-state index in [1.54, 1.807) is 18.2 Å². The Labute approximate surface area is 188 Å². The van der Waals surface area contributed by atoms with Gasteiger partial charge in [-0.2, -0.15) is 0 Å². The minimum atomic E-state index is -1.10. The van der Waals surface area contributed by atoms with Crippen LogP contribution in [0.2, 0.25) is 0 Å². The van der Waals surface area contributed by atoms with Crippen molar-refractivity contribution in [1.29, 1.82) is 0 Å². The first-order chi connectivity index (χ1) is 15.9. The fourth-order valence-electron chi connectivity index (χ4n) is 3.85. The van der Waals surface area contributed by atoms with Crippen molar-refractivity contribution in [2.75, 3.05) is 19.1 Å². The average Bonchev–Trinajstić information content (AvgIpc) is 3.09. The van der Waals surface area contributed by atoms with Gasteiger partial charge in [0.1, 0.15) is 17.3 Å². The lowest BCUT2D eigenvalue weighted by atomic mass is 9.95. The number of carbonyl (C=O) groups is 2. The third kappa shape index (κ3) is 3.76. The zero-order valence-electron chi connectivity index (χ0n) is 17.8. The number of amides is 1. The summed E-state index contributed by atoms with van der Waals surface area (Å²) in [5, 5.41) is 21.5. The van der Waals surface area contributed by atoms with Crippen LogP contribution in [-0.4, -0.2) is 36.1 Å². The molecule has 7 nitrogen and oxygen atoms in total. The van der Waals surface area contributed by atoms with Crippen molar-refractivity contribution >= 4 is 23.1 Å². The monoisotopic (exact) mass is 449 g/mol. The van der Waals surface area contributed by atoms with E-state index in [1.807, 2.05) is 0 Å². The Morgan fingerprint density at radius 1 is 0.939 bits per heavy atom. The summed E-state index contributed by atoms with van der Waals surface area (Å²) in [7, 11) is 2.89. The number of para-hydroxylation sites is 2. The molecule has 1 atom stereocenters. The van der Waals surface area contributed by atoms with Gasteiger partial charge in [-0.1, -0.05) is 24.3 Å². The van der Waals surface area contributed by atoms with Gasteiger partial charge in [-0.3, -0.25) is 14.5 Å². The Hall–Kier alpha value is -4.33. The fraction of sp³-hybridized carbons (Fsp3) is 0.120. The van der Waals surface area contributed by atoms with Gasteiger partial charge in [0.25, 0.3) is 11.7 Å². The lowest BCUT2D eigenvalue weighted by Crippen LogP contribution is -2.29. The number of anilines is 1. The molecule has 1 aliphatic rings. The van der Waals surface area contributed by atoms with Crippen molar-refractivity contribution in [2.24, 2.45) is 0 Å². The van der Waals surface area contributed by atoms with Crippen LogP contribution in [0.25, 0.3) is 5.76 Å². The quantitative estimate of drug-likeness (QED) is 0.345. The van der Waals surface area contributed by atoms with Gasteiger partial charge in [0.15, 0.2) is 11.5 Å². The molecule has 0 saturated carbocycles. The second kappa shape index (κ2) is 8.66. The maximum Gasteiger partial charge on any atom is 0.300 e. The highest BCUT2D eigenvalue weighted by Gasteiger charge is 2.47. The molecule has 4 rings (SSSR count). The maximum atomic E-state index is 13.6. The van der Waals surface area contributed by atoms with E-state index in [1.165, 1.54) is 62.8 Å². The summed E-state index contributed by atoms with van der Waals surface area (Å²) >= 11 is 0. The van der Waals surface area contributed by atoms with E-state index in [0.717, 1.165) is 4.90 Å². The zero-order valence-corrected chi connectivity index (χ0v) is 17.8. The summed E-state index contributed by atoms with van der Waals surface area (Å²) in [6.45, 7) is 0. The van der Waals surface area contributed by atoms with Crippen LogP contribution >= 0.6 is 0 Å². The lowest BCUT2D eigenvalue weighted by Gasteiger charge is -2.26. The number of phenolic OH excluding ortho intramolecular Hbond substituents is 1. The molecule has 1 amide bonds. The molecule has 1 unspecified atom stereocenters. The van der Waals surface area contributed by atoms with Crippen LogP contribution < -0.4 is 14.4 Å². The smallest absolute Gasteiger partial charge is 0.300 e. The Balaban J connectivity index is 1.96. The molecule has 3 aromatic carbocycles. The summed E-state index contributed by atoms with van der Waals surface area (Å²) < 4.78 is 24.1. The van der Waals surface area contributed by atoms with Gasteiger partial charge in [0, 0.05) is 5.56 Å². The number of hydrogen-bond acceptors (Lipinski definition) is 6. The molecular formula is C25H20FNO6. The first-order valence-electron chi connectivity index (χ1n) is 9.94. The summed E-state index contributed by atoms with van der Waals surface area (Å²) in [5.41, 5.74) is 0.471. The molecule has 0 radical (unpaired) electrons. The number of aliphatic hydroxyl groups is 1. The normalized spacial score (nSPS) is 17.3. The molecule has 0 aliphatic carbocycles. The summed E-state index contributed by atoms with van der Waals surface area (Å²) in [6.07, 6.45) is 0. The molecule has 2 N–H and O–H groups in total. The van der Waals surface area contributed by atoms with Gasteiger partial charge in [0.05, 0.1) is 31.5 Å². The van der Waals surface area contributed by atoms with Gasteiger partial charge in [-0.05, 0) is 48.0 Å². The molecule has 1 saturated heterocycles. The third-order valence-electron chi connectivity index (χ3n) is 5.43. The third-order valence-corrected chi connectivity index (χ3v) is 5.43. The molecule has 33 heavy (non-hydrogen) atoms. The zero-order chi connectivity index (χ0) is 23.7. The van der Waals surface area contributed by atoms with E-state index in [2.05, 4.69) is 0 Å². The molecule has 1 fully saturated rings. The van der Waals surface area contributed by atoms with Crippen molar-refractivity contribution < 1.29 is 33.7 Å². The molecule has 3 aromatic rings. The summed E-state index contributed by atoms with van der Waals surface area (Å²) in [4.78, 5) is 27.3. The lowest BCUT2D eigenvalue weighted by molar-refractivity contribution is -0.132. The SMILES string of the molecule is COc1ccc(/C(O)=C2/C(=O)C(=O)N(c3ccccc3O)C2c2ccc(F)cc2)cc1OC. The molecule has 8 heteroatoms. The van der Waals surface area contributed by atoms with Crippen molar-refractivity contribution in [3.63, 3.8) is 0 Å². The Morgan fingerprint density at radius 3 is 2.24 bits per heavy atom. The largest absolute Gasteiger partial charge is 0.507 e. The Bertz CT molecular complexity index is 1270. The molecule has 1 aliphatic heterocycles. The summed E-state index contributed by atoms with van der Waals surface area (Å²) in [6, 6.07) is 14.7. The highest BCUT2D eigenvalue weighted by Crippen LogP contribution is 2.45. The Morgan fingerprint density at radius 2 is 1.61 bits per heavy atom. The van der Waals surface area contributed by atoms with Crippen LogP contribution in [0.15, 0.2) is 72.3 Å². The van der Waals surface area contributed by atoms with E-state index in [0.29, 0.717) is 17.1 Å². The van der Waals surface area contributed by atoms with Gasteiger partial charge >= 0.3 is 0 Å². The molecular weight excluding hydrogens is 429 g/mol. The van der Waals surface area contributed by atoms with Gasteiger partial charge in [-0.25, -0.2) is 4.39 Å². The number of halogens is 1. The number of aliphatic hydroxyl groups excluding tert-OH is 1. The van der Waals surface area contributed by atoms with Crippen LogP contribution in [0.5, 0.6) is 17.2 Å². The number of rotatable bonds is 5. The van der Waals surface area contributed by atoms with Crippen LogP contribution in [0, 0.1) is 5.82 Å². The van der Waals surface area contributed by atoms with E-state index in [9.17, 15) is 24.2 Å². The minimum absolute atomic E-state index is 0.0836. The van der Waals surface area contributed by atoms with Crippen LogP contribution in [0.3, 0.4) is 0 Å². The summed E-state index contributed by atoms with van der Waals surface area (Å²) in [5.74, 6) is -2.32. The van der Waals surface area contributed by atoms with E-state index >= 15 is 0 Å². The molecule has 0 spiro atoms. The minimum Gasteiger partial charge on any atom is -0.507 e. The number of ketones is 1. The van der Waals surface area contributed by atoms with Crippen molar-refractivity contribution in [2.45, 2.75) is 6.04 Å². The number of nitrogens with zero attached hydrogens (tertiary/aromatic N) is 1. The average molecular weight is 449 g/mol. The van der Waals surface area contributed by atoms with Crippen molar-refractivity contribution in [3.05, 3.63) is 89.2 Å². The van der Waals surface area contributed by atoms with Crippen LogP contribution in [-0.2, 0) is 9.59 Å². The Kier molecular flexibility index (Phi) is 5.74. The van der Waals surface area contributed by atoms with Crippen molar-refractivity contribution in [3.8, 4) is 17.2 Å². The molecule has 168 valence electrons. The number of benzene rings is 3. The van der Waals surface area contributed by atoms with E-state index in [-0.39, 0.29) is 22.6 Å². The second-order valence-corrected chi connectivity index (χ2v) is 7.28. The standard InChI is InChI=1S/C25H20FNO6/c1-32-19-12-9-15(13-20(19)33-2)23(29)21-22(14-7-10-16(26)11-8-14)27(25(31)24(21)30)17-5-3-4-6-18(17)28/h3-13,22,28-29H,1-2H3/b23-21-. The first-order valence-corrected chi connectivity index (χ1v) is 9.94. The number of hydrogen-bond donors (Lipinski definition) is 2. The van der Waals surface area contributed by atoms with Crippen molar-refractivity contribution in [1.82, 2.24) is 0 Å². The highest BCUT2D eigenvalue weighted by atomic mass is 19.1. The molecule has 0 aromatic heterocycles. The number of ether oxygens (including phenoxy) is 2. The predicted molar refractivity (Wildman–Crippen MR) is 119 cm³/mol. The van der Waals surface area contributed by atoms with Gasteiger partial charge in [0.2, 0.25) is 0 Å². The first kappa shape index (κ1) is 21.9. The number of aromatic hydroxyl groups is 1. The maximum absolute atomic E-state index is 13.6. The fourth-order valence-corrected chi connectivity index (χ4v) is 3.85. The van der Waals surface area contributed by atoms with Gasteiger partial charge < -0.3 is 19.7 Å². The highest BCUT2D eigenvalue weighted by molar-refractivity contribution is 6.51. The topological polar surface area (TPSA) is 96.3 Å². The van der Waals surface area contributed by atoms with Crippen LogP contribution in [0.4, 0.5) is 10.1 Å². The number of methoxy groups -OCH3 is 2.